The Morgan fingerprint density at radius 2 is 1.94 bits per heavy atom. The SMILES string of the molecule is O=C(CC1CCNC1)N(CC1CC1)C1CC1. The van der Waals surface area contributed by atoms with Gasteiger partial charge in [-0.1, -0.05) is 0 Å². The maximum Gasteiger partial charge on any atom is 0.223 e. The quantitative estimate of drug-likeness (QED) is 0.762. The molecule has 2 aliphatic carbocycles. The van der Waals surface area contributed by atoms with E-state index in [2.05, 4.69) is 10.2 Å². The van der Waals surface area contributed by atoms with Gasteiger partial charge >= 0.3 is 0 Å². The van der Waals surface area contributed by atoms with Crippen LogP contribution in [0.2, 0.25) is 0 Å². The van der Waals surface area contributed by atoms with Crippen LogP contribution in [0.15, 0.2) is 0 Å². The van der Waals surface area contributed by atoms with Gasteiger partial charge in [-0.3, -0.25) is 4.79 Å². The number of rotatable bonds is 5. The van der Waals surface area contributed by atoms with Crippen LogP contribution in [0.5, 0.6) is 0 Å². The van der Waals surface area contributed by atoms with Crippen molar-refractivity contribution in [3.8, 4) is 0 Å². The molecule has 16 heavy (non-hydrogen) atoms. The van der Waals surface area contributed by atoms with E-state index in [1.54, 1.807) is 0 Å². The fraction of sp³-hybridized carbons (Fsp3) is 0.923. The van der Waals surface area contributed by atoms with Crippen LogP contribution in [0.4, 0.5) is 0 Å². The average molecular weight is 222 g/mol. The van der Waals surface area contributed by atoms with Gasteiger partial charge in [0.1, 0.15) is 0 Å². The van der Waals surface area contributed by atoms with E-state index in [0.717, 1.165) is 32.0 Å². The summed E-state index contributed by atoms with van der Waals surface area (Å²) in [5.74, 6) is 1.88. The molecule has 3 fully saturated rings. The summed E-state index contributed by atoms with van der Waals surface area (Å²) in [4.78, 5) is 14.4. The number of carbonyl (C=O) groups is 1. The van der Waals surface area contributed by atoms with Gasteiger partial charge in [0.15, 0.2) is 0 Å². The van der Waals surface area contributed by atoms with Crippen LogP contribution in [-0.2, 0) is 4.79 Å². The molecule has 1 N–H and O–H groups in total. The molecule has 90 valence electrons. The topological polar surface area (TPSA) is 32.3 Å². The minimum atomic E-state index is 0.433. The summed E-state index contributed by atoms with van der Waals surface area (Å²) in [6.45, 7) is 3.21. The Labute approximate surface area is 97.6 Å². The van der Waals surface area contributed by atoms with Crippen LogP contribution >= 0.6 is 0 Å². The van der Waals surface area contributed by atoms with Crippen molar-refractivity contribution in [2.24, 2.45) is 11.8 Å². The molecule has 3 aliphatic rings. The number of nitrogens with zero attached hydrogens (tertiary/aromatic N) is 1. The highest BCUT2D eigenvalue weighted by molar-refractivity contribution is 5.77. The van der Waals surface area contributed by atoms with Gasteiger partial charge in [-0.2, -0.15) is 0 Å². The molecule has 3 rings (SSSR count). The molecule has 0 spiro atoms. The van der Waals surface area contributed by atoms with Crippen molar-refractivity contribution in [1.29, 1.82) is 0 Å². The molecule has 0 aromatic rings. The number of hydrogen-bond acceptors (Lipinski definition) is 2. The lowest BCUT2D eigenvalue weighted by atomic mass is 10.0. The first-order chi connectivity index (χ1) is 7.83. The summed E-state index contributed by atoms with van der Waals surface area (Å²) in [6, 6.07) is 0.613. The zero-order valence-electron chi connectivity index (χ0n) is 9.95. The molecule has 0 aromatic carbocycles. The predicted octanol–water partition coefficient (Wildman–Crippen LogP) is 1.39. The molecule has 3 nitrogen and oxygen atoms in total. The van der Waals surface area contributed by atoms with Crippen molar-refractivity contribution in [2.45, 2.75) is 44.6 Å². The summed E-state index contributed by atoms with van der Waals surface area (Å²) in [7, 11) is 0. The third-order valence-corrected chi connectivity index (χ3v) is 4.09. The Kier molecular flexibility index (Phi) is 2.88. The molecular weight excluding hydrogens is 200 g/mol. The fourth-order valence-electron chi connectivity index (χ4n) is 2.67. The number of hydrogen-bond donors (Lipinski definition) is 1. The van der Waals surface area contributed by atoms with E-state index in [0.29, 0.717) is 17.9 Å². The molecule has 2 saturated carbocycles. The Morgan fingerprint density at radius 3 is 2.50 bits per heavy atom. The van der Waals surface area contributed by atoms with Gasteiger partial charge in [0, 0.05) is 19.0 Å². The summed E-state index contributed by atoms with van der Waals surface area (Å²) < 4.78 is 0. The van der Waals surface area contributed by atoms with Crippen molar-refractivity contribution in [3.63, 3.8) is 0 Å². The van der Waals surface area contributed by atoms with E-state index in [9.17, 15) is 4.79 Å². The third kappa shape index (κ3) is 2.57. The maximum absolute atomic E-state index is 12.2. The molecule has 0 aromatic heterocycles. The monoisotopic (exact) mass is 222 g/mol. The van der Waals surface area contributed by atoms with Crippen LogP contribution in [0, 0.1) is 11.8 Å². The van der Waals surface area contributed by atoms with Gasteiger partial charge in [-0.15, -0.1) is 0 Å². The third-order valence-electron chi connectivity index (χ3n) is 4.09. The maximum atomic E-state index is 12.2. The Morgan fingerprint density at radius 1 is 1.12 bits per heavy atom. The van der Waals surface area contributed by atoms with Gasteiger partial charge in [-0.05, 0) is 57.0 Å². The second-order valence-corrected chi connectivity index (χ2v) is 5.78. The summed E-state index contributed by atoms with van der Waals surface area (Å²) in [6.07, 6.45) is 7.18. The second kappa shape index (κ2) is 4.36. The van der Waals surface area contributed by atoms with Crippen LogP contribution in [0.1, 0.15) is 38.5 Å². The second-order valence-electron chi connectivity index (χ2n) is 5.78. The zero-order valence-corrected chi connectivity index (χ0v) is 9.95. The normalized spacial score (nSPS) is 29.4. The molecule has 0 bridgehead atoms. The molecule has 1 aliphatic heterocycles. The summed E-state index contributed by atoms with van der Waals surface area (Å²) in [5.41, 5.74) is 0. The molecular formula is C13H22N2O. The van der Waals surface area contributed by atoms with E-state index in [4.69, 9.17) is 0 Å². The Hall–Kier alpha value is -0.570. The first kappa shape index (κ1) is 10.6. The van der Waals surface area contributed by atoms with E-state index in [1.165, 1.54) is 32.1 Å². The van der Waals surface area contributed by atoms with Crippen LogP contribution in [-0.4, -0.2) is 36.5 Å². The van der Waals surface area contributed by atoms with Crippen LogP contribution in [0.25, 0.3) is 0 Å². The van der Waals surface area contributed by atoms with Gasteiger partial charge < -0.3 is 10.2 Å². The van der Waals surface area contributed by atoms with Crippen LogP contribution < -0.4 is 5.32 Å². The molecule has 1 atom stereocenters. The smallest absolute Gasteiger partial charge is 0.223 e. The van der Waals surface area contributed by atoms with Gasteiger partial charge in [-0.25, -0.2) is 0 Å². The number of amides is 1. The largest absolute Gasteiger partial charge is 0.339 e. The van der Waals surface area contributed by atoms with E-state index < -0.39 is 0 Å². The average Bonchev–Trinajstić information content (AvgIpc) is 3.17. The lowest BCUT2D eigenvalue weighted by Gasteiger charge is -2.23. The van der Waals surface area contributed by atoms with Crippen molar-refractivity contribution in [2.75, 3.05) is 19.6 Å². The van der Waals surface area contributed by atoms with Gasteiger partial charge in [0.2, 0.25) is 5.91 Å². The van der Waals surface area contributed by atoms with Gasteiger partial charge in [0.05, 0.1) is 0 Å². The molecule has 1 heterocycles. The minimum Gasteiger partial charge on any atom is -0.339 e. The predicted molar refractivity (Wildman–Crippen MR) is 63.1 cm³/mol. The molecule has 1 saturated heterocycles. The van der Waals surface area contributed by atoms with Crippen molar-refractivity contribution >= 4 is 5.91 Å². The van der Waals surface area contributed by atoms with E-state index in [-0.39, 0.29) is 0 Å². The first-order valence-corrected chi connectivity index (χ1v) is 6.83. The molecule has 1 unspecified atom stereocenters. The fourth-order valence-corrected chi connectivity index (χ4v) is 2.67. The van der Waals surface area contributed by atoms with E-state index >= 15 is 0 Å². The molecule has 0 radical (unpaired) electrons. The number of carbonyl (C=O) groups excluding carboxylic acids is 1. The molecule has 3 heteroatoms. The van der Waals surface area contributed by atoms with Crippen LogP contribution in [0.3, 0.4) is 0 Å². The van der Waals surface area contributed by atoms with Crippen molar-refractivity contribution in [1.82, 2.24) is 10.2 Å². The minimum absolute atomic E-state index is 0.433. The summed E-state index contributed by atoms with van der Waals surface area (Å²) in [5, 5.41) is 3.34. The highest BCUT2D eigenvalue weighted by Crippen LogP contribution is 2.35. The zero-order chi connectivity index (χ0) is 11.0. The first-order valence-electron chi connectivity index (χ1n) is 6.83. The summed E-state index contributed by atoms with van der Waals surface area (Å²) >= 11 is 0. The highest BCUT2D eigenvalue weighted by Gasteiger charge is 2.37. The van der Waals surface area contributed by atoms with Crippen molar-refractivity contribution < 1.29 is 4.79 Å². The standard InChI is InChI=1S/C13H22N2O/c16-13(7-11-5-6-14-8-11)15(12-3-4-12)9-10-1-2-10/h10-12,14H,1-9H2. The lowest BCUT2D eigenvalue weighted by Crippen LogP contribution is -2.36. The van der Waals surface area contributed by atoms with E-state index in [1.807, 2.05) is 0 Å². The van der Waals surface area contributed by atoms with Crippen molar-refractivity contribution in [3.05, 3.63) is 0 Å². The molecule has 1 amide bonds. The lowest BCUT2D eigenvalue weighted by molar-refractivity contribution is -0.132. The highest BCUT2D eigenvalue weighted by atomic mass is 16.2. The Bertz CT molecular complexity index is 265. The Balaban J connectivity index is 1.52. The van der Waals surface area contributed by atoms with Gasteiger partial charge in [0.25, 0.3) is 0 Å². The number of nitrogens with one attached hydrogen (secondary N) is 1.